The van der Waals surface area contributed by atoms with E-state index in [-0.39, 0.29) is 0 Å². The molecule has 0 radical (unpaired) electrons. The highest BCUT2D eigenvalue weighted by Crippen LogP contribution is 2.36. The van der Waals surface area contributed by atoms with Crippen LogP contribution in [-0.2, 0) is 0 Å². The van der Waals surface area contributed by atoms with Crippen molar-refractivity contribution in [3.63, 3.8) is 0 Å². The van der Waals surface area contributed by atoms with Gasteiger partial charge in [-0.25, -0.2) is 4.98 Å². The lowest BCUT2D eigenvalue weighted by molar-refractivity contribution is 0.352. The highest BCUT2D eigenvalue weighted by Gasteiger charge is 2.27. The Hall–Kier alpha value is -2.07. The van der Waals surface area contributed by atoms with Crippen LogP contribution < -0.4 is 5.73 Å². The smallest absolute Gasteiger partial charge is 0.174 e. The highest BCUT2D eigenvalue weighted by molar-refractivity contribution is 5.79. The summed E-state index contributed by atoms with van der Waals surface area (Å²) in [7, 11) is 0. The predicted molar refractivity (Wildman–Crippen MR) is 73.7 cm³/mol. The monoisotopic (exact) mass is 253 g/mol. The molecule has 0 spiro atoms. The van der Waals surface area contributed by atoms with Crippen molar-refractivity contribution in [3.05, 3.63) is 42.2 Å². The summed E-state index contributed by atoms with van der Waals surface area (Å²) in [5.41, 5.74) is 9.24. The van der Waals surface area contributed by atoms with Crippen LogP contribution in [0.1, 0.15) is 24.3 Å². The van der Waals surface area contributed by atoms with E-state index in [2.05, 4.69) is 28.2 Å². The summed E-state index contributed by atoms with van der Waals surface area (Å²) < 4.78 is 5.36. The van der Waals surface area contributed by atoms with E-state index in [1.54, 1.807) is 6.26 Å². The second-order valence-corrected chi connectivity index (χ2v) is 5.27. The van der Waals surface area contributed by atoms with Crippen LogP contribution in [-0.4, -0.2) is 16.0 Å². The molecule has 0 unspecified atom stereocenters. The van der Waals surface area contributed by atoms with Crippen molar-refractivity contribution >= 4 is 11.0 Å². The number of nitrogens with two attached hydrogens (primary N) is 1. The molecule has 1 aliphatic carbocycles. The van der Waals surface area contributed by atoms with E-state index >= 15 is 0 Å². The maximum Gasteiger partial charge on any atom is 0.174 e. The average Bonchev–Trinajstić information content (AvgIpc) is 3.02. The molecule has 0 saturated heterocycles. The van der Waals surface area contributed by atoms with Crippen LogP contribution in [0.25, 0.3) is 22.6 Å². The Labute approximate surface area is 110 Å². The molecule has 2 heterocycles. The Bertz CT molecular complexity index is 708. The van der Waals surface area contributed by atoms with Gasteiger partial charge in [0.25, 0.3) is 0 Å². The molecule has 19 heavy (non-hydrogen) atoms. The first-order valence-corrected chi connectivity index (χ1v) is 6.59. The third-order valence-electron chi connectivity index (χ3n) is 3.91. The lowest BCUT2D eigenvalue weighted by Crippen LogP contribution is -2.34. The normalized spacial score (nSPS) is 22.6. The number of benzene rings is 1. The summed E-state index contributed by atoms with van der Waals surface area (Å²) >= 11 is 0. The second-order valence-electron chi connectivity index (χ2n) is 5.27. The molecule has 1 aliphatic rings. The molecule has 4 heteroatoms. The zero-order valence-electron chi connectivity index (χ0n) is 10.5. The van der Waals surface area contributed by atoms with Crippen molar-refractivity contribution in [1.29, 1.82) is 0 Å². The maximum absolute atomic E-state index is 5.85. The minimum absolute atomic E-state index is 0.376. The van der Waals surface area contributed by atoms with Crippen molar-refractivity contribution in [2.75, 3.05) is 0 Å². The molecule has 96 valence electrons. The molecular weight excluding hydrogens is 238 g/mol. The Balaban J connectivity index is 1.73. The molecule has 1 fully saturated rings. The first-order chi connectivity index (χ1) is 9.29. The van der Waals surface area contributed by atoms with Gasteiger partial charge in [0.15, 0.2) is 11.6 Å². The van der Waals surface area contributed by atoms with Gasteiger partial charge in [-0.1, -0.05) is 6.07 Å². The van der Waals surface area contributed by atoms with Gasteiger partial charge in [0.1, 0.15) is 0 Å². The largest absolute Gasteiger partial charge is 0.461 e. The van der Waals surface area contributed by atoms with E-state index in [1.165, 1.54) is 5.56 Å². The van der Waals surface area contributed by atoms with E-state index in [1.807, 2.05) is 12.1 Å². The van der Waals surface area contributed by atoms with Gasteiger partial charge in [-0.2, -0.15) is 0 Å². The molecule has 0 aliphatic heterocycles. The highest BCUT2D eigenvalue weighted by atomic mass is 16.3. The van der Waals surface area contributed by atoms with Gasteiger partial charge in [0, 0.05) is 6.04 Å². The number of H-pyrrole nitrogens is 1. The summed E-state index contributed by atoms with van der Waals surface area (Å²) in [5.74, 6) is 2.15. The first-order valence-electron chi connectivity index (χ1n) is 6.59. The lowest BCUT2D eigenvalue weighted by atomic mass is 9.76. The van der Waals surface area contributed by atoms with Crippen LogP contribution in [0.15, 0.2) is 41.0 Å². The quantitative estimate of drug-likeness (QED) is 0.737. The molecule has 4 nitrogen and oxygen atoms in total. The summed E-state index contributed by atoms with van der Waals surface area (Å²) in [4.78, 5) is 7.86. The second kappa shape index (κ2) is 3.96. The third-order valence-corrected chi connectivity index (χ3v) is 3.91. The zero-order chi connectivity index (χ0) is 12.8. The number of rotatable bonds is 2. The molecule has 0 amide bonds. The Morgan fingerprint density at radius 2 is 2.16 bits per heavy atom. The van der Waals surface area contributed by atoms with Gasteiger partial charge in [0.05, 0.1) is 17.3 Å². The number of fused-ring (bicyclic) bond motifs is 1. The van der Waals surface area contributed by atoms with Gasteiger partial charge >= 0.3 is 0 Å². The fraction of sp³-hybridized carbons (Fsp3) is 0.267. The summed E-state index contributed by atoms with van der Waals surface area (Å²) in [6.07, 6.45) is 3.83. The Morgan fingerprint density at radius 1 is 1.26 bits per heavy atom. The van der Waals surface area contributed by atoms with E-state index in [4.69, 9.17) is 10.2 Å². The molecule has 1 aromatic carbocycles. The fourth-order valence-corrected chi connectivity index (χ4v) is 2.75. The molecule has 0 atom stereocenters. The Morgan fingerprint density at radius 3 is 2.89 bits per heavy atom. The minimum Gasteiger partial charge on any atom is -0.461 e. The minimum atomic E-state index is 0.376. The molecule has 4 rings (SSSR count). The van der Waals surface area contributed by atoms with Gasteiger partial charge in [-0.3, -0.25) is 0 Å². The SMILES string of the molecule is NC1CC(c2ccc3nc(-c4ccco4)[nH]c3c2)C1. The van der Waals surface area contributed by atoms with E-state index in [0.29, 0.717) is 12.0 Å². The van der Waals surface area contributed by atoms with Crippen LogP contribution in [0.5, 0.6) is 0 Å². The number of hydrogen-bond acceptors (Lipinski definition) is 3. The number of nitrogens with zero attached hydrogens (tertiary/aromatic N) is 1. The lowest BCUT2D eigenvalue weighted by Gasteiger charge is -2.32. The number of furan rings is 1. The molecule has 1 saturated carbocycles. The van der Waals surface area contributed by atoms with Crippen LogP contribution in [0.4, 0.5) is 0 Å². The zero-order valence-corrected chi connectivity index (χ0v) is 10.5. The van der Waals surface area contributed by atoms with Gasteiger partial charge in [0.2, 0.25) is 0 Å². The molecular formula is C15H15N3O. The van der Waals surface area contributed by atoms with Crippen LogP contribution in [0, 0.1) is 0 Å². The Kier molecular flexibility index (Phi) is 2.26. The van der Waals surface area contributed by atoms with Crippen molar-refractivity contribution in [2.24, 2.45) is 5.73 Å². The van der Waals surface area contributed by atoms with Crippen molar-refractivity contribution in [1.82, 2.24) is 9.97 Å². The van der Waals surface area contributed by atoms with E-state index < -0.39 is 0 Å². The third kappa shape index (κ3) is 1.76. The van der Waals surface area contributed by atoms with Crippen molar-refractivity contribution in [3.8, 4) is 11.6 Å². The van der Waals surface area contributed by atoms with E-state index in [9.17, 15) is 0 Å². The molecule has 0 bridgehead atoms. The molecule has 2 aromatic heterocycles. The van der Waals surface area contributed by atoms with Crippen LogP contribution >= 0.6 is 0 Å². The molecule has 3 aromatic rings. The first kappa shape index (κ1) is 10.8. The number of imidazole rings is 1. The molecule has 3 N–H and O–H groups in total. The number of aromatic amines is 1. The number of hydrogen-bond donors (Lipinski definition) is 2. The fourth-order valence-electron chi connectivity index (χ4n) is 2.75. The van der Waals surface area contributed by atoms with Crippen molar-refractivity contribution in [2.45, 2.75) is 24.8 Å². The van der Waals surface area contributed by atoms with Gasteiger partial charge in [-0.15, -0.1) is 0 Å². The van der Waals surface area contributed by atoms with Gasteiger partial charge in [-0.05, 0) is 48.6 Å². The van der Waals surface area contributed by atoms with Crippen LogP contribution in [0.3, 0.4) is 0 Å². The summed E-state index contributed by atoms with van der Waals surface area (Å²) in [5, 5.41) is 0. The number of nitrogens with one attached hydrogen (secondary N) is 1. The topological polar surface area (TPSA) is 67.8 Å². The van der Waals surface area contributed by atoms with Crippen LogP contribution in [0.2, 0.25) is 0 Å². The standard InChI is InChI=1S/C15H15N3O/c16-11-6-10(7-11)9-3-4-12-13(8-9)18-15(17-12)14-2-1-5-19-14/h1-5,8,10-11H,6-7,16H2,(H,17,18). The van der Waals surface area contributed by atoms with E-state index in [0.717, 1.165) is 35.5 Å². The summed E-state index contributed by atoms with van der Waals surface area (Å²) in [6, 6.07) is 10.6. The number of aromatic nitrogens is 2. The predicted octanol–water partition coefficient (Wildman–Crippen LogP) is 3.03. The summed E-state index contributed by atoms with van der Waals surface area (Å²) in [6.45, 7) is 0. The van der Waals surface area contributed by atoms with Gasteiger partial charge < -0.3 is 15.1 Å². The average molecular weight is 253 g/mol. The maximum atomic E-state index is 5.85. The van der Waals surface area contributed by atoms with Crippen molar-refractivity contribution < 1.29 is 4.42 Å².